The van der Waals surface area contributed by atoms with Crippen LogP contribution in [0.1, 0.15) is 30.1 Å². The molecule has 29 heavy (non-hydrogen) atoms. The van der Waals surface area contributed by atoms with Crippen molar-refractivity contribution < 1.29 is 19.2 Å². The van der Waals surface area contributed by atoms with Crippen LogP contribution in [0.15, 0.2) is 35.7 Å². The highest BCUT2D eigenvalue weighted by molar-refractivity contribution is 5.95. The van der Waals surface area contributed by atoms with Crippen LogP contribution < -0.4 is 20.7 Å². The fourth-order valence-corrected chi connectivity index (χ4v) is 3.34. The molecule has 0 aliphatic carbocycles. The van der Waals surface area contributed by atoms with Crippen LogP contribution in [-0.4, -0.2) is 53.2 Å². The average Bonchev–Trinajstić information content (AvgIpc) is 3.43. The van der Waals surface area contributed by atoms with Crippen molar-refractivity contribution in [3.05, 3.63) is 41.6 Å². The van der Waals surface area contributed by atoms with Crippen molar-refractivity contribution in [3.8, 4) is 5.75 Å². The number of nitrogens with one attached hydrogen (secondary N) is 1. The normalized spacial score (nSPS) is 16.0. The average molecular weight is 398 g/mol. The van der Waals surface area contributed by atoms with Gasteiger partial charge in [0.15, 0.2) is 23.8 Å². The number of carbonyl (C=O) groups excluding carboxylic acids is 2. The van der Waals surface area contributed by atoms with E-state index in [1.54, 1.807) is 30.6 Å². The summed E-state index contributed by atoms with van der Waals surface area (Å²) < 4.78 is 7.08. The highest BCUT2D eigenvalue weighted by Crippen LogP contribution is 2.37. The number of carbonyl (C=O) groups is 2. The maximum absolute atomic E-state index is 12.6. The molecule has 0 unspecified atom stereocenters. The van der Waals surface area contributed by atoms with Gasteiger partial charge in [0.25, 0.3) is 5.91 Å². The smallest absolute Gasteiger partial charge is 0.255 e. The predicted octanol–water partition coefficient (Wildman–Crippen LogP) is 1.00. The fourth-order valence-electron chi connectivity index (χ4n) is 3.34. The van der Waals surface area contributed by atoms with E-state index in [1.165, 1.54) is 4.57 Å². The van der Waals surface area contributed by atoms with E-state index in [1.807, 2.05) is 16.7 Å². The maximum Gasteiger partial charge on any atom is 0.255 e. The molecule has 10 nitrogen and oxygen atoms in total. The second kappa shape index (κ2) is 8.31. The highest BCUT2D eigenvalue weighted by Gasteiger charge is 2.27. The van der Waals surface area contributed by atoms with E-state index >= 15 is 0 Å². The van der Waals surface area contributed by atoms with Gasteiger partial charge in [-0.15, -0.1) is 5.10 Å². The summed E-state index contributed by atoms with van der Waals surface area (Å²) in [5.74, 6) is 1.14. The minimum absolute atomic E-state index is 0.0188. The molecule has 1 saturated heterocycles. The summed E-state index contributed by atoms with van der Waals surface area (Å²) >= 11 is 0. The van der Waals surface area contributed by atoms with Crippen LogP contribution >= 0.6 is 0 Å². The van der Waals surface area contributed by atoms with Gasteiger partial charge in [-0.05, 0) is 31.9 Å². The van der Waals surface area contributed by atoms with Crippen molar-refractivity contribution in [2.75, 3.05) is 31.3 Å². The number of hydrogen-bond donors (Lipinski definition) is 1. The zero-order chi connectivity index (χ0) is 20.2. The van der Waals surface area contributed by atoms with Crippen LogP contribution in [0, 0.1) is 0 Å². The lowest BCUT2D eigenvalue weighted by Crippen LogP contribution is -2.27. The third-order valence-corrected chi connectivity index (χ3v) is 4.82. The molecule has 0 aromatic carbocycles. The molecule has 2 aromatic rings. The summed E-state index contributed by atoms with van der Waals surface area (Å²) in [6.07, 6.45) is 5.90. The van der Waals surface area contributed by atoms with Crippen molar-refractivity contribution >= 4 is 23.8 Å². The van der Waals surface area contributed by atoms with Crippen LogP contribution in [0.2, 0.25) is 0 Å². The monoisotopic (exact) mass is 398 g/mol. The van der Waals surface area contributed by atoms with Crippen molar-refractivity contribution in [3.63, 3.8) is 0 Å². The van der Waals surface area contributed by atoms with Crippen LogP contribution in [0.5, 0.6) is 5.75 Å². The number of ether oxygens (including phenoxy) is 1. The number of amides is 1. The molecule has 2 aromatic heterocycles. The first-order valence-corrected chi connectivity index (χ1v) is 9.49. The molecule has 1 fully saturated rings. The van der Waals surface area contributed by atoms with Crippen molar-refractivity contribution in [1.29, 1.82) is 0 Å². The molecule has 0 atom stereocenters. The number of pyridine rings is 2. The molecule has 152 valence electrons. The quantitative estimate of drug-likeness (QED) is 0.440. The minimum Gasteiger partial charge on any atom is -0.469 e. The van der Waals surface area contributed by atoms with Gasteiger partial charge in [0, 0.05) is 31.5 Å². The Bertz CT molecular complexity index is 983. The topological polar surface area (TPSA) is 101 Å². The molecular weight excluding hydrogens is 376 g/mol. The van der Waals surface area contributed by atoms with Gasteiger partial charge in [-0.2, -0.15) is 5.59 Å². The predicted molar refractivity (Wildman–Crippen MR) is 104 cm³/mol. The molecule has 1 N–H and O–H groups in total. The number of anilines is 2. The Labute approximate surface area is 167 Å². The fraction of sp³-hybridized carbons (Fsp3) is 0.368. The second-order valence-electron chi connectivity index (χ2n) is 6.64. The summed E-state index contributed by atoms with van der Waals surface area (Å²) in [7, 11) is 0. The van der Waals surface area contributed by atoms with E-state index < -0.39 is 0 Å². The van der Waals surface area contributed by atoms with Crippen LogP contribution in [0.4, 0.5) is 11.5 Å². The Kier molecular flexibility index (Phi) is 5.43. The molecular formula is C19H22N6O4. The summed E-state index contributed by atoms with van der Waals surface area (Å²) in [5, 5.41) is 4.06. The molecule has 2 aliphatic heterocycles. The number of aromatic nitrogens is 2. The molecule has 0 bridgehead atoms. The Morgan fingerprint density at radius 3 is 2.97 bits per heavy atom. The van der Waals surface area contributed by atoms with E-state index in [-0.39, 0.29) is 12.6 Å². The van der Waals surface area contributed by atoms with Crippen molar-refractivity contribution in [1.82, 2.24) is 20.0 Å². The molecule has 4 rings (SSSR count). The second-order valence-corrected chi connectivity index (χ2v) is 6.64. The van der Waals surface area contributed by atoms with Gasteiger partial charge in [0.2, 0.25) is 6.41 Å². The summed E-state index contributed by atoms with van der Waals surface area (Å²) in [5.41, 5.74) is 4.07. The summed E-state index contributed by atoms with van der Waals surface area (Å²) in [6.45, 7) is 4.06. The molecule has 0 saturated carbocycles. The largest absolute Gasteiger partial charge is 0.469 e. The zero-order valence-corrected chi connectivity index (χ0v) is 16.1. The summed E-state index contributed by atoms with van der Waals surface area (Å²) in [6, 6.07) is 5.21. The third kappa shape index (κ3) is 3.79. The van der Waals surface area contributed by atoms with Gasteiger partial charge in [0.1, 0.15) is 0 Å². The van der Waals surface area contributed by atoms with Crippen LogP contribution in [-0.2, 0) is 9.63 Å². The van der Waals surface area contributed by atoms with Crippen molar-refractivity contribution in [2.24, 2.45) is 5.10 Å². The van der Waals surface area contributed by atoms with Gasteiger partial charge in [-0.3, -0.25) is 23.9 Å². The molecule has 0 spiro atoms. The lowest BCUT2D eigenvalue weighted by molar-refractivity contribution is 0.0496. The van der Waals surface area contributed by atoms with Crippen LogP contribution in [0.3, 0.4) is 0 Å². The minimum atomic E-state index is -0.0188. The van der Waals surface area contributed by atoms with Crippen molar-refractivity contribution in [2.45, 2.75) is 19.8 Å². The van der Waals surface area contributed by atoms with Gasteiger partial charge in [0.05, 0.1) is 17.9 Å². The Balaban J connectivity index is 1.61. The number of nitrogens with zero attached hydrogens (tertiary/aromatic N) is 5. The maximum atomic E-state index is 12.6. The number of likely N-dealkylation sites (tertiary alicyclic amines) is 1. The molecule has 4 heterocycles. The Hall–Kier alpha value is -3.40. The van der Waals surface area contributed by atoms with E-state index in [4.69, 9.17) is 9.57 Å². The van der Waals surface area contributed by atoms with E-state index in [0.717, 1.165) is 31.6 Å². The van der Waals surface area contributed by atoms with E-state index in [9.17, 15) is 9.59 Å². The summed E-state index contributed by atoms with van der Waals surface area (Å²) in [4.78, 5) is 37.0. The standard InChI is InChI=1S/C19H22N6O4/c1-2-29-22-21-17-10-15(5-8-24(17)12-26)25-13-28-16-9-14(11-20-18(16)25)19(27)23-6-3-4-7-23/h5,8-12,22H,2-4,6-7,13H2,1H3/b21-17-. The lowest BCUT2D eigenvalue weighted by Gasteiger charge is -2.17. The number of rotatable bonds is 6. The van der Waals surface area contributed by atoms with Gasteiger partial charge in [-0.25, -0.2) is 4.98 Å². The number of hydrogen-bond acceptors (Lipinski definition) is 8. The first kappa shape index (κ1) is 18.9. The first-order valence-electron chi connectivity index (χ1n) is 9.49. The highest BCUT2D eigenvalue weighted by atomic mass is 16.7. The molecule has 10 heteroatoms. The molecule has 1 amide bonds. The number of fused-ring (bicyclic) bond motifs is 1. The molecule has 0 radical (unpaired) electrons. The third-order valence-electron chi connectivity index (χ3n) is 4.82. The first-order chi connectivity index (χ1) is 14.2. The lowest BCUT2D eigenvalue weighted by atomic mass is 10.2. The Morgan fingerprint density at radius 1 is 1.38 bits per heavy atom. The Morgan fingerprint density at radius 2 is 2.21 bits per heavy atom. The van der Waals surface area contributed by atoms with Gasteiger partial charge < -0.3 is 9.64 Å². The van der Waals surface area contributed by atoms with E-state index in [2.05, 4.69) is 15.7 Å². The van der Waals surface area contributed by atoms with Crippen LogP contribution in [0.25, 0.3) is 0 Å². The van der Waals surface area contributed by atoms with Gasteiger partial charge in [-0.1, -0.05) is 0 Å². The van der Waals surface area contributed by atoms with Gasteiger partial charge >= 0.3 is 0 Å². The SMILES string of the molecule is CCON/N=c1/cc(N2COc3cc(C(=O)N4CCCC4)cnc32)ccn1C=O. The van der Waals surface area contributed by atoms with E-state index in [0.29, 0.717) is 35.6 Å². The zero-order valence-electron chi connectivity index (χ0n) is 16.1. The molecule has 2 aliphatic rings.